The van der Waals surface area contributed by atoms with Crippen molar-refractivity contribution in [2.75, 3.05) is 19.3 Å². The summed E-state index contributed by atoms with van der Waals surface area (Å²) in [5, 5.41) is 1.36. The van der Waals surface area contributed by atoms with Gasteiger partial charge in [0.1, 0.15) is 10.8 Å². The number of rotatable bonds is 3. The molecule has 0 unspecified atom stereocenters. The molecule has 16 heavy (non-hydrogen) atoms. The maximum Gasteiger partial charge on any atom is 0.402 e. The lowest BCUT2D eigenvalue weighted by molar-refractivity contribution is -0.134. The number of nitrogens with two attached hydrogens (primary N) is 1. The van der Waals surface area contributed by atoms with Crippen molar-refractivity contribution in [2.24, 2.45) is 0 Å². The number of thiophene rings is 1. The van der Waals surface area contributed by atoms with Gasteiger partial charge in [-0.2, -0.15) is 17.5 Å². The molecular weight excluding hydrogens is 265 g/mol. The number of sulfonamides is 1. The van der Waals surface area contributed by atoms with Gasteiger partial charge in [0.25, 0.3) is 10.0 Å². The molecule has 0 aliphatic heterocycles. The maximum atomic E-state index is 12.0. The molecule has 0 aliphatic rings. The van der Waals surface area contributed by atoms with Crippen LogP contribution in [0.1, 0.15) is 0 Å². The van der Waals surface area contributed by atoms with E-state index in [4.69, 9.17) is 5.73 Å². The normalized spacial score (nSPS) is 13.3. The van der Waals surface area contributed by atoms with Crippen LogP contribution in [-0.2, 0) is 10.0 Å². The predicted molar refractivity (Wildman–Crippen MR) is 54.6 cm³/mol. The summed E-state index contributed by atoms with van der Waals surface area (Å²) in [5.41, 5.74) is 5.52. The molecule has 0 saturated heterocycles. The number of hydrogen-bond donors (Lipinski definition) is 1. The highest BCUT2D eigenvalue weighted by molar-refractivity contribution is 7.91. The summed E-state index contributed by atoms with van der Waals surface area (Å²) < 4.78 is 59.3. The van der Waals surface area contributed by atoms with E-state index in [1.165, 1.54) is 5.38 Å². The molecule has 0 aromatic carbocycles. The van der Waals surface area contributed by atoms with Crippen LogP contribution < -0.4 is 5.73 Å². The van der Waals surface area contributed by atoms with Gasteiger partial charge < -0.3 is 5.73 Å². The van der Waals surface area contributed by atoms with E-state index in [0.29, 0.717) is 0 Å². The van der Waals surface area contributed by atoms with Crippen molar-refractivity contribution in [1.82, 2.24) is 4.31 Å². The van der Waals surface area contributed by atoms with Crippen LogP contribution in [0.3, 0.4) is 0 Å². The van der Waals surface area contributed by atoms with Crippen LogP contribution in [0, 0.1) is 0 Å². The van der Waals surface area contributed by atoms with Gasteiger partial charge >= 0.3 is 6.18 Å². The Kier molecular flexibility index (Phi) is 3.50. The second kappa shape index (κ2) is 4.22. The number of anilines is 1. The first kappa shape index (κ1) is 13.3. The van der Waals surface area contributed by atoms with Gasteiger partial charge in [-0.25, -0.2) is 8.42 Å². The van der Waals surface area contributed by atoms with Crippen molar-refractivity contribution in [3.8, 4) is 0 Å². The summed E-state index contributed by atoms with van der Waals surface area (Å²) in [5.74, 6) is 0. The Morgan fingerprint density at radius 3 is 2.44 bits per heavy atom. The number of hydrogen-bond acceptors (Lipinski definition) is 4. The lowest BCUT2D eigenvalue weighted by Gasteiger charge is -2.17. The Hall–Kier alpha value is -0.800. The average Bonchev–Trinajstić information content (AvgIpc) is 2.48. The second-order valence-electron chi connectivity index (χ2n) is 3.08. The van der Waals surface area contributed by atoms with Crippen molar-refractivity contribution in [3.05, 3.63) is 11.4 Å². The zero-order valence-electron chi connectivity index (χ0n) is 8.15. The highest BCUT2D eigenvalue weighted by Crippen LogP contribution is 2.26. The first-order valence-corrected chi connectivity index (χ1v) is 6.32. The van der Waals surface area contributed by atoms with Crippen molar-refractivity contribution >= 4 is 27.0 Å². The summed E-state index contributed by atoms with van der Waals surface area (Å²) in [7, 11) is -3.23. The molecule has 2 N–H and O–H groups in total. The number of halogens is 3. The van der Waals surface area contributed by atoms with E-state index in [2.05, 4.69) is 0 Å². The first-order chi connectivity index (χ1) is 7.13. The summed E-state index contributed by atoms with van der Waals surface area (Å²) in [4.78, 5) is 0. The SMILES string of the molecule is CN(CC(F)(F)F)S(=O)(=O)c1cc(N)cs1. The van der Waals surface area contributed by atoms with Crippen LogP contribution >= 0.6 is 11.3 Å². The van der Waals surface area contributed by atoms with Gasteiger partial charge in [-0.3, -0.25) is 0 Å². The minimum atomic E-state index is -4.56. The van der Waals surface area contributed by atoms with E-state index in [0.717, 1.165) is 24.5 Å². The molecule has 0 spiro atoms. The molecule has 0 bridgehead atoms. The Morgan fingerprint density at radius 1 is 1.50 bits per heavy atom. The third kappa shape index (κ3) is 3.09. The van der Waals surface area contributed by atoms with E-state index < -0.39 is 22.7 Å². The van der Waals surface area contributed by atoms with Crippen LogP contribution in [0.2, 0.25) is 0 Å². The van der Waals surface area contributed by atoms with Crippen LogP contribution in [0.25, 0.3) is 0 Å². The predicted octanol–water partition coefficient (Wildman–Crippen LogP) is 1.51. The Balaban J connectivity index is 2.95. The molecule has 1 heterocycles. The quantitative estimate of drug-likeness (QED) is 0.908. The zero-order chi connectivity index (χ0) is 12.6. The van der Waals surface area contributed by atoms with Crippen molar-refractivity contribution in [2.45, 2.75) is 10.4 Å². The molecule has 0 saturated carbocycles. The molecule has 92 valence electrons. The van der Waals surface area contributed by atoms with Crippen LogP contribution in [0.15, 0.2) is 15.7 Å². The summed E-state index contributed by atoms with van der Waals surface area (Å²) in [6, 6.07) is 1.13. The van der Waals surface area contributed by atoms with Gasteiger partial charge in [0.15, 0.2) is 0 Å². The second-order valence-corrected chi connectivity index (χ2v) is 6.26. The topological polar surface area (TPSA) is 63.4 Å². The van der Waals surface area contributed by atoms with Gasteiger partial charge in [0.2, 0.25) is 0 Å². The van der Waals surface area contributed by atoms with Gasteiger partial charge in [-0.1, -0.05) is 0 Å². The lowest BCUT2D eigenvalue weighted by Crippen LogP contribution is -2.35. The minimum absolute atomic E-state index is 0.197. The largest absolute Gasteiger partial charge is 0.402 e. The molecule has 4 nitrogen and oxygen atoms in total. The summed E-state index contributed by atoms with van der Waals surface area (Å²) in [6.45, 7) is -1.52. The Labute approximate surface area is 94.5 Å². The summed E-state index contributed by atoms with van der Waals surface area (Å²) in [6.07, 6.45) is -4.56. The fourth-order valence-corrected chi connectivity index (χ4v) is 3.40. The highest BCUT2D eigenvalue weighted by atomic mass is 32.2. The zero-order valence-corrected chi connectivity index (χ0v) is 9.79. The van der Waals surface area contributed by atoms with Gasteiger partial charge in [-0.15, -0.1) is 11.3 Å². The molecule has 0 amide bonds. The molecule has 0 atom stereocenters. The highest BCUT2D eigenvalue weighted by Gasteiger charge is 2.35. The van der Waals surface area contributed by atoms with Gasteiger partial charge in [-0.05, 0) is 6.07 Å². The number of nitrogens with zero attached hydrogens (tertiary/aromatic N) is 1. The standard InChI is InChI=1S/C7H9F3N2O2S2/c1-12(4-7(8,9)10)16(13,14)6-2-5(11)3-15-6/h2-3H,4,11H2,1H3. The molecule has 0 radical (unpaired) electrons. The summed E-state index contributed by atoms with van der Waals surface area (Å²) >= 11 is 0.789. The molecule has 0 fully saturated rings. The fraction of sp³-hybridized carbons (Fsp3) is 0.429. The van der Waals surface area contributed by atoms with Gasteiger partial charge in [0, 0.05) is 18.1 Å². The molecular formula is C7H9F3N2O2S2. The third-order valence-corrected chi connectivity index (χ3v) is 4.90. The fourth-order valence-electron chi connectivity index (χ4n) is 0.957. The van der Waals surface area contributed by atoms with Crippen molar-refractivity contribution in [1.29, 1.82) is 0 Å². The van der Waals surface area contributed by atoms with Crippen molar-refractivity contribution < 1.29 is 21.6 Å². The van der Waals surface area contributed by atoms with E-state index in [9.17, 15) is 21.6 Å². The van der Waals surface area contributed by atoms with E-state index in [1.807, 2.05) is 0 Å². The lowest BCUT2D eigenvalue weighted by atomic mass is 10.6. The Morgan fingerprint density at radius 2 is 2.06 bits per heavy atom. The number of alkyl halides is 3. The van der Waals surface area contributed by atoms with Crippen LogP contribution in [-0.4, -0.2) is 32.5 Å². The average molecular weight is 274 g/mol. The molecule has 0 aliphatic carbocycles. The van der Waals surface area contributed by atoms with E-state index in [-0.39, 0.29) is 14.2 Å². The van der Waals surface area contributed by atoms with Gasteiger partial charge in [0.05, 0.1) is 0 Å². The first-order valence-electron chi connectivity index (χ1n) is 4.00. The smallest absolute Gasteiger partial charge is 0.398 e. The monoisotopic (exact) mass is 274 g/mol. The maximum absolute atomic E-state index is 12.0. The third-order valence-electron chi connectivity index (χ3n) is 1.66. The minimum Gasteiger partial charge on any atom is -0.398 e. The Bertz CT molecular complexity index is 466. The molecule has 1 aromatic rings. The number of nitrogen functional groups attached to an aromatic ring is 1. The molecule has 9 heteroatoms. The van der Waals surface area contributed by atoms with Crippen LogP contribution in [0.4, 0.5) is 18.9 Å². The van der Waals surface area contributed by atoms with Crippen molar-refractivity contribution in [3.63, 3.8) is 0 Å². The molecule has 1 rings (SSSR count). The van der Waals surface area contributed by atoms with E-state index >= 15 is 0 Å². The van der Waals surface area contributed by atoms with E-state index in [1.54, 1.807) is 0 Å². The van der Waals surface area contributed by atoms with Crippen LogP contribution in [0.5, 0.6) is 0 Å². The molecule has 1 aromatic heterocycles.